The number of hydrogen-bond acceptors (Lipinski definition) is 5. The molecule has 2 aromatic carbocycles. The molecule has 0 bridgehead atoms. The molecule has 2 rings (SSSR count). The highest BCUT2D eigenvalue weighted by atomic mass is 16.5. The molecule has 0 radical (unpaired) electrons. The van der Waals surface area contributed by atoms with Gasteiger partial charge in [0.1, 0.15) is 0 Å². The van der Waals surface area contributed by atoms with Crippen LogP contribution in [0.25, 0.3) is 0 Å². The first kappa shape index (κ1) is 23.2. The van der Waals surface area contributed by atoms with Gasteiger partial charge in [0.2, 0.25) is 0 Å². The lowest BCUT2D eigenvalue weighted by molar-refractivity contribution is 0.0955. The quantitative estimate of drug-likeness (QED) is 0.347. The van der Waals surface area contributed by atoms with Gasteiger partial charge in [-0.05, 0) is 36.4 Å². The first-order valence-corrected chi connectivity index (χ1v) is 9.46. The van der Waals surface area contributed by atoms with Crippen molar-refractivity contribution in [3.8, 4) is 11.5 Å². The Balaban J connectivity index is 2.00. The minimum Gasteiger partial charge on any atom is -0.493 e. The maximum atomic E-state index is 12.3. The van der Waals surface area contributed by atoms with E-state index in [1.165, 1.54) is 13.3 Å². The van der Waals surface area contributed by atoms with Crippen LogP contribution in [0.1, 0.15) is 15.9 Å². The molecule has 0 saturated heterocycles. The maximum absolute atomic E-state index is 12.3. The van der Waals surface area contributed by atoms with Gasteiger partial charge in [-0.15, -0.1) is 13.2 Å². The van der Waals surface area contributed by atoms with E-state index in [0.717, 1.165) is 0 Å². The molecule has 3 amide bonds. The molecule has 0 fully saturated rings. The van der Waals surface area contributed by atoms with Crippen LogP contribution in [0.4, 0.5) is 10.5 Å². The average molecular weight is 422 g/mol. The van der Waals surface area contributed by atoms with Crippen molar-refractivity contribution in [1.82, 2.24) is 10.3 Å². The van der Waals surface area contributed by atoms with Crippen LogP contribution < -0.4 is 20.2 Å². The van der Waals surface area contributed by atoms with Gasteiger partial charge >= 0.3 is 6.03 Å². The van der Waals surface area contributed by atoms with Crippen LogP contribution in [0.3, 0.4) is 0 Å². The summed E-state index contributed by atoms with van der Waals surface area (Å²) >= 11 is 0. The molecule has 0 aromatic heterocycles. The highest BCUT2D eigenvalue weighted by molar-refractivity contribution is 5.96. The van der Waals surface area contributed by atoms with Crippen molar-refractivity contribution in [3.63, 3.8) is 0 Å². The molecule has 8 nitrogen and oxygen atoms in total. The summed E-state index contributed by atoms with van der Waals surface area (Å²) in [6.07, 6.45) is 4.75. The van der Waals surface area contributed by atoms with Crippen LogP contribution in [-0.4, -0.2) is 50.4 Å². The molecule has 31 heavy (non-hydrogen) atoms. The van der Waals surface area contributed by atoms with Gasteiger partial charge in [-0.25, -0.2) is 10.2 Å². The van der Waals surface area contributed by atoms with Crippen LogP contribution in [-0.2, 0) is 0 Å². The second kappa shape index (κ2) is 11.8. The van der Waals surface area contributed by atoms with Crippen LogP contribution in [0.15, 0.2) is 72.9 Å². The number of carbonyl (C=O) groups is 2. The van der Waals surface area contributed by atoms with E-state index in [1.54, 1.807) is 66.6 Å². The molecule has 8 heteroatoms. The number of urea groups is 1. The van der Waals surface area contributed by atoms with E-state index in [4.69, 9.17) is 9.47 Å². The van der Waals surface area contributed by atoms with E-state index in [1.807, 2.05) is 0 Å². The Morgan fingerprint density at radius 1 is 1.03 bits per heavy atom. The van der Waals surface area contributed by atoms with Gasteiger partial charge < -0.3 is 19.7 Å². The van der Waals surface area contributed by atoms with E-state index >= 15 is 0 Å². The molecule has 0 heterocycles. The normalized spacial score (nSPS) is 10.3. The minimum absolute atomic E-state index is 0.283. The topological polar surface area (TPSA) is 92.3 Å². The summed E-state index contributed by atoms with van der Waals surface area (Å²) in [6, 6.07) is 11.5. The zero-order valence-electron chi connectivity index (χ0n) is 17.6. The Bertz CT molecular complexity index is 945. The van der Waals surface area contributed by atoms with Crippen LogP contribution in [0.2, 0.25) is 0 Å². The van der Waals surface area contributed by atoms with Crippen molar-refractivity contribution in [2.45, 2.75) is 0 Å². The fourth-order valence-corrected chi connectivity index (χ4v) is 2.70. The highest BCUT2D eigenvalue weighted by Crippen LogP contribution is 2.29. The molecular formula is C23H26N4O4. The van der Waals surface area contributed by atoms with Crippen molar-refractivity contribution in [2.24, 2.45) is 5.10 Å². The molecule has 2 N–H and O–H groups in total. The summed E-state index contributed by atoms with van der Waals surface area (Å²) < 4.78 is 10.6. The van der Waals surface area contributed by atoms with Crippen molar-refractivity contribution in [3.05, 3.63) is 78.9 Å². The lowest BCUT2D eigenvalue weighted by atomic mass is 10.2. The predicted octanol–water partition coefficient (Wildman–Crippen LogP) is 3.67. The number of nitrogens with zero attached hydrogens (tertiary/aromatic N) is 2. The van der Waals surface area contributed by atoms with Gasteiger partial charge in [0.15, 0.2) is 11.5 Å². The molecule has 0 aliphatic rings. The summed E-state index contributed by atoms with van der Waals surface area (Å²) in [7, 11) is 3.07. The van der Waals surface area contributed by atoms with E-state index in [2.05, 4.69) is 29.0 Å². The molecule has 0 aliphatic carbocycles. The summed E-state index contributed by atoms with van der Waals surface area (Å²) in [4.78, 5) is 26.2. The van der Waals surface area contributed by atoms with Gasteiger partial charge in [-0.1, -0.05) is 18.2 Å². The fraction of sp³-hybridized carbons (Fsp3) is 0.174. The summed E-state index contributed by atoms with van der Waals surface area (Å²) in [5.74, 6) is 0.691. The molecule has 0 unspecified atom stereocenters. The number of hydrazone groups is 1. The number of nitrogens with one attached hydrogen (secondary N) is 2. The lowest BCUT2D eigenvalue weighted by Gasteiger charge is -2.19. The molecular weight excluding hydrogens is 396 g/mol. The smallest absolute Gasteiger partial charge is 0.322 e. The summed E-state index contributed by atoms with van der Waals surface area (Å²) in [6.45, 7) is 8.07. The largest absolute Gasteiger partial charge is 0.493 e. The monoisotopic (exact) mass is 422 g/mol. The number of hydrogen-bond donors (Lipinski definition) is 2. The van der Waals surface area contributed by atoms with Crippen molar-refractivity contribution >= 4 is 23.8 Å². The highest BCUT2D eigenvalue weighted by Gasteiger charge is 2.11. The van der Waals surface area contributed by atoms with Gasteiger partial charge in [-0.2, -0.15) is 5.10 Å². The second-order valence-corrected chi connectivity index (χ2v) is 6.27. The Hall–Kier alpha value is -4.07. The number of carbonyl (C=O) groups excluding carboxylic acids is 2. The first-order valence-electron chi connectivity index (χ1n) is 9.46. The average Bonchev–Trinajstić information content (AvgIpc) is 2.79. The third-order valence-corrected chi connectivity index (χ3v) is 4.19. The Morgan fingerprint density at radius 2 is 1.71 bits per heavy atom. The number of anilines is 1. The first-order chi connectivity index (χ1) is 15.0. The molecule has 0 aliphatic heterocycles. The zero-order chi connectivity index (χ0) is 22.6. The Kier molecular flexibility index (Phi) is 8.85. The number of methoxy groups -OCH3 is 2. The summed E-state index contributed by atoms with van der Waals surface area (Å²) in [5.41, 5.74) is 4.07. The fourth-order valence-electron chi connectivity index (χ4n) is 2.70. The maximum Gasteiger partial charge on any atom is 0.322 e. The minimum atomic E-state index is -0.393. The van der Waals surface area contributed by atoms with Crippen LogP contribution in [0, 0.1) is 0 Å². The third kappa shape index (κ3) is 6.46. The number of benzene rings is 2. The number of ether oxygens (including phenoxy) is 2. The third-order valence-electron chi connectivity index (χ3n) is 4.19. The van der Waals surface area contributed by atoms with Gasteiger partial charge in [-0.3, -0.25) is 4.79 Å². The van der Waals surface area contributed by atoms with Gasteiger partial charge in [0.05, 0.1) is 20.4 Å². The van der Waals surface area contributed by atoms with E-state index in [0.29, 0.717) is 41.4 Å². The molecule has 2 aromatic rings. The molecule has 162 valence electrons. The van der Waals surface area contributed by atoms with E-state index < -0.39 is 5.91 Å². The standard InChI is InChI=1S/C23H26N4O4/c1-5-14-27(15-6-2)23(29)25-19-12-10-17(11-13-19)22(28)26-24-16-18-8-7-9-20(30-3)21(18)31-4/h5-13,16H,1-2,14-15H2,3-4H3,(H,25,29)(H,26,28)/b24-16-. The molecule has 0 spiro atoms. The SMILES string of the molecule is C=CCN(CC=C)C(=O)Nc1ccc(C(=O)N/N=C\c2cccc(OC)c2OC)cc1. The number of para-hydroxylation sites is 1. The zero-order valence-corrected chi connectivity index (χ0v) is 17.6. The van der Waals surface area contributed by atoms with Crippen LogP contribution >= 0.6 is 0 Å². The molecule has 0 saturated carbocycles. The van der Waals surface area contributed by atoms with Crippen LogP contribution in [0.5, 0.6) is 11.5 Å². The number of amides is 3. The lowest BCUT2D eigenvalue weighted by Crippen LogP contribution is -2.35. The van der Waals surface area contributed by atoms with E-state index in [9.17, 15) is 9.59 Å². The van der Waals surface area contributed by atoms with Crippen molar-refractivity contribution in [1.29, 1.82) is 0 Å². The summed E-state index contributed by atoms with van der Waals surface area (Å²) in [5, 5.41) is 6.75. The van der Waals surface area contributed by atoms with Crippen molar-refractivity contribution < 1.29 is 19.1 Å². The Morgan fingerprint density at radius 3 is 2.29 bits per heavy atom. The van der Waals surface area contributed by atoms with Crippen molar-refractivity contribution in [2.75, 3.05) is 32.6 Å². The number of rotatable bonds is 10. The Labute approximate surface area is 181 Å². The molecule has 0 atom stereocenters. The second-order valence-electron chi connectivity index (χ2n) is 6.27. The van der Waals surface area contributed by atoms with E-state index in [-0.39, 0.29) is 6.03 Å². The van der Waals surface area contributed by atoms with Gasteiger partial charge in [0.25, 0.3) is 5.91 Å². The van der Waals surface area contributed by atoms with Gasteiger partial charge in [0, 0.05) is 29.9 Å². The predicted molar refractivity (Wildman–Crippen MR) is 122 cm³/mol.